The van der Waals surface area contributed by atoms with E-state index >= 15 is 0 Å². The molecule has 0 bridgehead atoms. The van der Waals surface area contributed by atoms with E-state index in [1.54, 1.807) is 26.4 Å². The molecule has 0 saturated heterocycles. The lowest BCUT2D eigenvalue weighted by molar-refractivity contribution is 0.0931. The molecule has 7 nitrogen and oxygen atoms in total. The first kappa shape index (κ1) is 15.7. The Morgan fingerprint density at radius 2 is 1.95 bits per heavy atom. The minimum atomic E-state index is -0.284. The second-order valence-electron chi connectivity index (χ2n) is 4.38. The Labute approximate surface area is 128 Å². The zero-order valence-corrected chi connectivity index (χ0v) is 12.5. The summed E-state index contributed by atoms with van der Waals surface area (Å²) in [5.74, 6) is 0.942. The summed E-state index contributed by atoms with van der Waals surface area (Å²) in [6.45, 7) is 0.880. The maximum absolute atomic E-state index is 11.8. The Kier molecular flexibility index (Phi) is 5.67. The molecule has 2 rings (SSSR count). The number of anilines is 2. The number of methoxy groups -OCH3 is 2. The monoisotopic (exact) mass is 302 g/mol. The average Bonchev–Trinajstić information content (AvgIpc) is 2.56. The van der Waals surface area contributed by atoms with Crippen LogP contribution in [-0.4, -0.2) is 43.5 Å². The molecule has 0 saturated carbocycles. The van der Waals surface area contributed by atoms with E-state index in [-0.39, 0.29) is 11.6 Å². The molecule has 0 aliphatic heterocycles. The van der Waals surface area contributed by atoms with Crippen molar-refractivity contribution in [2.45, 2.75) is 0 Å². The molecule has 2 aromatic rings. The van der Waals surface area contributed by atoms with Crippen LogP contribution in [0.4, 0.5) is 11.5 Å². The molecule has 0 radical (unpaired) electrons. The van der Waals surface area contributed by atoms with E-state index < -0.39 is 0 Å². The highest BCUT2D eigenvalue weighted by Crippen LogP contribution is 2.25. The van der Waals surface area contributed by atoms with Crippen molar-refractivity contribution in [1.29, 1.82) is 0 Å². The third-order valence-electron chi connectivity index (χ3n) is 2.86. The van der Waals surface area contributed by atoms with Crippen molar-refractivity contribution in [2.24, 2.45) is 0 Å². The van der Waals surface area contributed by atoms with Gasteiger partial charge in [-0.1, -0.05) is 12.1 Å². The first-order valence-corrected chi connectivity index (χ1v) is 6.75. The smallest absolute Gasteiger partial charge is 0.271 e. The van der Waals surface area contributed by atoms with Crippen molar-refractivity contribution in [3.8, 4) is 5.75 Å². The topological polar surface area (TPSA) is 85.4 Å². The second-order valence-corrected chi connectivity index (χ2v) is 4.38. The molecule has 1 amide bonds. The van der Waals surface area contributed by atoms with Gasteiger partial charge in [-0.2, -0.15) is 0 Å². The minimum Gasteiger partial charge on any atom is -0.495 e. The van der Waals surface area contributed by atoms with E-state index in [1.807, 2.05) is 24.3 Å². The van der Waals surface area contributed by atoms with Gasteiger partial charge in [-0.15, -0.1) is 10.2 Å². The fourth-order valence-electron chi connectivity index (χ4n) is 1.76. The molecule has 22 heavy (non-hydrogen) atoms. The molecule has 0 atom stereocenters. The molecule has 116 valence electrons. The average molecular weight is 302 g/mol. The molecule has 1 heterocycles. The van der Waals surface area contributed by atoms with E-state index in [9.17, 15) is 4.79 Å². The van der Waals surface area contributed by atoms with Gasteiger partial charge in [-0.05, 0) is 24.3 Å². The standard InChI is InChI=1S/C15H18N4O3/c1-21-10-9-16-15(20)12-7-8-14(19-18-12)17-11-5-3-4-6-13(11)22-2/h3-8H,9-10H2,1-2H3,(H,16,20)(H,17,19). The number of nitrogens with zero attached hydrogens (tertiary/aromatic N) is 2. The van der Waals surface area contributed by atoms with Crippen LogP contribution >= 0.6 is 0 Å². The van der Waals surface area contributed by atoms with E-state index in [0.717, 1.165) is 5.69 Å². The molecule has 0 fully saturated rings. The molecule has 7 heteroatoms. The minimum absolute atomic E-state index is 0.252. The number of benzene rings is 1. The van der Waals surface area contributed by atoms with Crippen molar-refractivity contribution >= 4 is 17.4 Å². The van der Waals surface area contributed by atoms with E-state index in [2.05, 4.69) is 20.8 Å². The first-order valence-electron chi connectivity index (χ1n) is 6.75. The SMILES string of the molecule is COCCNC(=O)c1ccc(Nc2ccccc2OC)nn1. The van der Waals surface area contributed by atoms with E-state index in [4.69, 9.17) is 9.47 Å². The third kappa shape index (κ3) is 4.16. The zero-order chi connectivity index (χ0) is 15.8. The Bertz CT molecular complexity index is 616. The van der Waals surface area contributed by atoms with Crippen LogP contribution < -0.4 is 15.4 Å². The maximum atomic E-state index is 11.8. The molecular formula is C15H18N4O3. The largest absolute Gasteiger partial charge is 0.495 e. The summed E-state index contributed by atoms with van der Waals surface area (Å²) in [5.41, 5.74) is 1.03. The number of carbonyl (C=O) groups excluding carboxylic acids is 1. The highest BCUT2D eigenvalue weighted by Gasteiger charge is 2.08. The van der Waals surface area contributed by atoms with Crippen molar-refractivity contribution in [3.63, 3.8) is 0 Å². The van der Waals surface area contributed by atoms with Gasteiger partial charge in [0.25, 0.3) is 5.91 Å². The van der Waals surface area contributed by atoms with Gasteiger partial charge in [0, 0.05) is 13.7 Å². The van der Waals surface area contributed by atoms with Gasteiger partial charge in [0.15, 0.2) is 11.5 Å². The summed E-state index contributed by atoms with van der Waals surface area (Å²) in [5, 5.41) is 13.7. The van der Waals surface area contributed by atoms with Crippen molar-refractivity contribution in [3.05, 3.63) is 42.1 Å². The first-order chi connectivity index (χ1) is 10.7. The quantitative estimate of drug-likeness (QED) is 0.756. The summed E-state index contributed by atoms with van der Waals surface area (Å²) < 4.78 is 10.1. The van der Waals surface area contributed by atoms with Crippen LogP contribution in [0.15, 0.2) is 36.4 Å². The number of hydrogen-bond acceptors (Lipinski definition) is 6. The highest BCUT2D eigenvalue weighted by atomic mass is 16.5. The summed E-state index contributed by atoms with van der Waals surface area (Å²) in [6, 6.07) is 10.8. The van der Waals surface area contributed by atoms with Gasteiger partial charge in [0.2, 0.25) is 0 Å². The molecule has 0 unspecified atom stereocenters. The van der Waals surface area contributed by atoms with Crippen LogP contribution in [0.25, 0.3) is 0 Å². The van der Waals surface area contributed by atoms with E-state index in [1.165, 1.54) is 0 Å². The van der Waals surface area contributed by atoms with Crippen LogP contribution in [0.2, 0.25) is 0 Å². The molecular weight excluding hydrogens is 284 g/mol. The Hall–Kier alpha value is -2.67. The number of ether oxygens (including phenoxy) is 2. The lowest BCUT2D eigenvalue weighted by atomic mass is 10.3. The van der Waals surface area contributed by atoms with Crippen LogP contribution in [0, 0.1) is 0 Å². The van der Waals surface area contributed by atoms with Crippen molar-refractivity contribution in [2.75, 3.05) is 32.7 Å². The van der Waals surface area contributed by atoms with Crippen LogP contribution in [-0.2, 0) is 4.74 Å². The predicted octanol–water partition coefficient (Wildman–Crippen LogP) is 1.60. The van der Waals surface area contributed by atoms with Gasteiger partial charge < -0.3 is 20.1 Å². The number of para-hydroxylation sites is 2. The Morgan fingerprint density at radius 3 is 2.64 bits per heavy atom. The summed E-state index contributed by atoms with van der Waals surface area (Å²) in [6.07, 6.45) is 0. The van der Waals surface area contributed by atoms with Gasteiger partial charge in [0.1, 0.15) is 5.75 Å². The van der Waals surface area contributed by atoms with Crippen molar-refractivity contribution in [1.82, 2.24) is 15.5 Å². The number of rotatable bonds is 7. The normalized spacial score (nSPS) is 10.1. The van der Waals surface area contributed by atoms with Gasteiger partial charge >= 0.3 is 0 Å². The van der Waals surface area contributed by atoms with Crippen LogP contribution in [0.1, 0.15) is 10.5 Å². The fourth-order valence-corrected chi connectivity index (χ4v) is 1.76. The lowest BCUT2D eigenvalue weighted by Gasteiger charge is -2.10. The van der Waals surface area contributed by atoms with Crippen LogP contribution in [0.5, 0.6) is 5.75 Å². The number of aromatic nitrogens is 2. The number of amides is 1. The predicted molar refractivity (Wildman–Crippen MR) is 82.5 cm³/mol. The van der Waals surface area contributed by atoms with Gasteiger partial charge in [-0.25, -0.2) is 0 Å². The number of nitrogens with one attached hydrogen (secondary N) is 2. The van der Waals surface area contributed by atoms with Gasteiger partial charge in [-0.3, -0.25) is 4.79 Å². The van der Waals surface area contributed by atoms with Crippen LogP contribution in [0.3, 0.4) is 0 Å². The zero-order valence-electron chi connectivity index (χ0n) is 12.5. The maximum Gasteiger partial charge on any atom is 0.271 e. The lowest BCUT2D eigenvalue weighted by Crippen LogP contribution is -2.27. The molecule has 2 N–H and O–H groups in total. The molecule has 1 aromatic carbocycles. The highest BCUT2D eigenvalue weighted by molar-refractivity contribution is 5.92. The molecule has 0 aliphatic carbocycles. The summed E-state index contributed by atoms with van der Waals surface area (Å²) in [4.78, 5) is 11.8. The van der Waals surface area contributed by atoms with Crippen molar-refractivity contribution < 1.29 is 14.3 Å². The molecule has 0 aliphatic rings. The van der Waals surface area contributed by atoms with E-state index in [0.29, 0.717) is 24.7 Å². The number of hydrogen-bond donors (Lipinski definition) is 2. The third-order valence-corrected chi connectivity index (χ3v) is 2.86. The Balaban J connectivity index is 2.01. The Morgan fingerprint density at radius 1 is 1.14 bits per heavy atom. The number of carbonyl (C=O) groups is 1. The summed E-state index contributed by atoms with van der Waals surface area (Å²) >= 11 is 0. The molecule has 1 aromatic heterocycles. The van der Waals surface area contributed by atoms with Gasteiger partial charge in [0.05, 0.1) is 19.4 Å². The molecule has 0 spiro atoms. The fraction of sp³-hybridized carbons (Fsp3) is 0.267. The second kappa shape index (κ2) is 7.94. The summed E-state index contributed by atoms with van der Waals surface area (Å²) in [7, 11) is 3.17.